The highest BCUT2D eigenvalue weighted by atomic mass is 32.1. The van der Waals surface area contributed by atoms with Crippen molar-refractivity contribution in [3.8, 4) is 0 Å². The molecule has 0 aromatic carbocycles. The minimum atomic E-state index is -0.897. The number of hydrogen-bond acceptors (Lipinski definition) is 3. The summed E-state index contributed by atoms with van der Waals surface area (Å²) in [7, 11) is 1.66. The van der Waals surface area contributed by atoms with Crippen molar-refractivity contribution in [3.05, 3.63) is 22.4 Å². The van der Waals surface area contributed by atoms with Crippen LogP contribution in [0.1, 0.15) is 17.3 Å². The average Bonchev–Trinajstić information content (AvgIpc) is 2.76. The molecule has 0 radical (unpaired) electrons. The summed E-state index contributed by atoms with van der Waals surface area (Å²) >= 11 is 1.49. The SMILES string of the molecule is CN1C(=O)C[C@H](C(=O)O)[C@@H]1c1cccs1. The van der Waals surface area contributed by atoms with Gasteiger partial charge >= 0.3 is 5.97 Å². The van der Waals surface area contributed by atoms with Crippen LogP contribution in [-0.2, 0) is 9.59 Å². The molecular weight excluding hydrogens is 214 g/mol. The number of amides is 1. The summed E-state index contributed by atoms with van der Waals surface area (Å²) in [5, 5.41) is 10.9. The van der Waals surface area contributed by atoms with E-state index in [0.717, 1.165) is 4.88 Å². The van der Waals surface area contributed by atoms with E-state index in [1.807, 2.05) is 17.5 Å². The maximum Gasteiger partial charge on any atom is 0.309 e. The first-order valence-electron chi connectivity index (χ1n) is 4.63. The molecule has 0 bridgehead atoms. The predicted molar refractivity (Wildman–Crippen MR) is 55.6 cm³/mol. The maximum atomic E-state index is 11.5. The molecule has 4 nitrogen and oxygen atoms in total. The molecule has 0 unspecified atom stereocenters. The van der Waals surface area contributed by atoms with Crippen molar-refractivity contribution in [2.45, 2.75) is 12.5 Å². The van der Waals surface area contributed by atoms with Crippen LogP contribution in [-0.4, -0.2) is 28.9 Å². The molecule has 1 aliphatic heterocycles. The van der Waals surface area contributed by atoms with Crippen molar-refractivity contribution in [2.24, 2.45) is 5.92 Å². The number of hydrogen-bond donors (Lipinski definition) is 1. The lowest BCUT2D eigenvalue weighted by atomic mass is 9.99. The minimum Gasteiger partial charge on any atom is -0.481 e. The van der Waals surface area contributed by atoms with Crippen LogP contribution in [0.25, 0.3) is 0 Å². The van der Waals surface area contributed by atoms with E-state index in [1.165, 1.54) is 16.2 Å². The van der Waals surface area contributed by atoms with Crippen LogP contribution in [0.5, 0.6) is 0 Å². The molecule has 1 N–H and O–H groups in total. The minimum absolute atomic E-state index is 0.0965. The Labute approximate surface area is 91.1 Å². The number of likely N-dealkylation sites (tertiary alicyclic amines) is 1. The van der Waals surface area contributed by atoms with Gasteiger partial charge in [0.25, 0.3) is 0 Å². The Kier molecular flexibility index (Phi) is 2.48. The molecule has 1 amide bonds. The van der Waals surface area contributed by atoms with Gasteiger partial charge in [0.1, 0.15) is 0 Å². The van der Waals surface area contributed by atoms with E-state index in [4.69, 9.17) is 5.11 Å². The molecular formula is C10H11NO3S. The lowest BCUT2D eigenvalue weighted by molar-refractivity contribution is -0.142. The number of carboxylic acids is 1. The Balaban J connectivity index is 2.34. The maximum absolute atomic E-state index is 11.5. The summed E-state index contributed by atoms with van der Waals surface area (Å²) < 4.78 is 0. The molecule has 1 aliphatic rings. The van der Waals surface area contributed by atoms with E-state index in [-0.39, 0.29) is 18.4 Å². The van der Waals surface area contributed by atoms with Gasteiger partial charge in [-0.05, 0) is 11.4 Å². The molecule has 2 atom stereocenters. The molecule has 1 fully saturated rings. The number of carboxylic acid groups (broad SMARTS) is 1. The lowest BCUT2D eigenvalue weighted by Crippen LogP contribution is -2.26. The number of aliphatic carboxylic acids is 1. The average molecular weight is 225 g/mol. The predicted octanol–water partition coefficient (Wildman–Crippen LogP) is 1.35. The fraction of sp³-hybridized carbons (Fsp3) is 0.400. The second-order valence-electron chi connectivity index (χ2n) is 3.61. The van der Waals surface area contributed by atoms with E-state index >= 15 is 0 Å². The van der Waals surface area contributed by atoms with Gasteiger partial charge in [0.05, 0.1) is 12.0 Å². The first-order chi connectivity index (χ1) is 7.11. The van der Waals surface area contributed by atoms with E-state index in [2.05, 4.69) is 0 Å². The fourth-order valence-electron chi connectivity index (χ4n) is 1.94. The van der Waals surface area contributed by atoms with Crippen LogP contribution in [0, 0.1) is 5.92 Å². The van der Waals surface area contributed by atoms with Crippen molar-refractivity contribution >= 4 is 23.2 Å². The van der Waals surface area contributed by atoms with Crippen LogP contribution < -0.4 is 0 Å². The van der Waals surface area contributed by atoms with Gasteiger partial charge in [-0.3, -0.25) is 9.59 Å². The van der Waals surface area contributed by atoms with E-state index in [9.17, 15) is 9.59 Å². The third kappa shape index (κ3) is 1.63. The summed E-state index contributed by atoms with van der Waals surface area (Å²) in [6.45, 7) is 0. The Morgan fingerprint density at radius 1 is 1.67 bits per heavy atom. The monoisotopic (exact) mass is 225 g/mol. The van der Waals surface area contributed by atoms with Crippen LogP contribution in [0.4, 0.5) is 0 Å². The van der Waals surface area contributed by atoms with Crippen molar-refractivity contribution in [1.29, 1.82) is 0 Å². The number of nitrogens with zero attached hydrogens (tertiary/aromatic N) is 1. The highest BCUT2D eigenvalue weighted by Crippen LogP contribution is 2.38. The smallest absolute Gasteiger partial charge is 0.309 e. The van der Waals surface area contributed by atoms with E-state index < -0.39 is 11.9 Å². The van der Waals surface area contributed by atoms with Gasteiger partial charge in [0, 0.05) is 18.3 Å². The fourth-order valence-corrected chi connectivity index (χ4v) is 2.87. The Morgan fingerprint density at radius 3 is 2.93 bits per heavy atom. The largest absolute Gasteiger partial charge is 0.481 e. The molecule has 1 aromatic rings. The second kappa shape index (κ2) is 3.66. The van der Waals surface area contributed by atoms with Gasteiger partial charge in [0.2, 0.25) is 5.91 Å². The first kappa shape index (κ1) is 10.2. The quantitative estimate of drug-likeness (QED) is 0.826. The third-order valence-corrected chi connectivity index (χ3v) is 3.68. The summed E-state index contributed by atoms with van der Waals surface area (Å²) in [6, 6.07) is 3.45. The molecule has 2 rings (SSSR count). The van der Waals surface area contributed by atoms with Gasteiger partial charge in [0.15, 0.2) is 0 Å². The van der Waals surface area contributed by atoms with Crippen LogP contribution in [0.2, 0.25) is 0 Å². The summed E-state index contributed by atoms with van der Waals surface area (Å²) in [5.41, 5.74) is 0. The molecule has 1 saturated heterocycles. The van der Waals surface area contributed by atoms with Crippen molar-refractivity contribution in [2.75, 3.05) is 7.05 Å². The van der Waals surface area contributed by atoms with Crippen LogP contribution >= 0.6 is 11.3 Å². The molecule has 0 saturated carbocycles. The molecule has 0 aliphatic carbocycles. The topological polar surface area (TPSA) is 57.6 Å². The van der Waals surface area contributed by atoms with Gasteiger partial charge in [-0.15, -0.1) is 11.3 Å². The van der Waals surface area contributed by atoms with Gasteiger partial charge in [-0.2, -0.15) is 0 Å². The van der Waals surface area contributed by atoms with Crippen LogP contribution in [0.15, 0.2) is 17.5 Å². The molecule has 2 heterocycles. The van der Waals surface area contributed by atoms with Crippen LogP contribution in [0.3, 0.4) is 0 Å². The molecule has 1 aromatic heterocycles. The highest BCUT2D eigenvalue weighted by molar-refractivity contribution is 7.10. The standard InChI is InChI=1S/C10H11NO3S/c1-11-8(12)5-6(10(13)14)9(11)7-3-2-4-15-7/h2-4,6,9H,5H2,1H3,(H,13,14)/t6-,9+/m0/s1. The van der Waals surface area contributed by atoms with Crippen molar-refractivity contribution < 1.29 is 14.7 Å². The number of rotatable bonds is 2. The van der Waals surface area contributed by atoms with E-state index in [1.54, 1.807) is 7.05 Å². The lowest BCUT2D eigenvalue weighted by Gasteiger charge is -2.21. The molecule has 15 heavy (non-hydrogen) atoms. The summed E-state index contributed by atoms with van der Waals surface area (Å²) in [6.07, 6.45) is 0.106. The highest BCUT2D eigenvalue weighted by Gasteiger charge is 2.43. The van der Waals surface area contributed by atoms with Gasteiger partial charge in [-0.25, -0.2) is 0 Å². The van der Waals surface area contributed by atoms with Crippen molar-refractivity contribution in [3.63, 3.8) is 0 Å². The molecule has 0 spiro atoms. The number of carbonyl (C=O) groups excluding carboxylic acids is 1. The number of thiophene rings is 1. The Morgan fingerprint density at radius 2 is 2.40 bits per heavy atom. The van der Waals surface area contributed by atoms with Gasteiger partial charge < -0.3 is 10.0 Å². The summed E-state index contributed by atoms with van der Waals surface area (Å²) in [4.78, 5) is 25.0. The van der Waals surface area contributed by atoms with Gasteiger partial charge in [-0.1, -0.05) is 6.07 Å². The zero-order valence-electron chi connectivity index (χ0n) is 8.21. The van der Waals surface area contributed by atoms with E-state index in [0.29, 0.717) is 0 Å². The third-order valence-electron chi connectivity index (χ3n) is 2.74. The van der Waals surface area contributed by atoms with Crippen molar-refractivity contribution in [1.82, 2.24) is 4.90 Å². The molecule has 80 valence electrons. The summed E-state index contributed by atoms with van der Waals surface area (Å²) in [5.74, 6) is -1.60. The first-order valence-corrected chi connectivity index (χ1v) is 5.51. The Hall–Kier alpha value is -1.36. The normalized spacial score (nSPS) is 25.9. The zero-order chi connectivity index (χ0) is 11.0. The molecule has 5 heteroatoms. The second-order valence-corrected chi connectivity index (χ2v) is 4.59. The number of carbonyl (C=O) groups is 2. The Bertz CT molecular complexity index is 387. The zero-order valence-corrected chi connectivity index (χ0v) is 9.03.